The summed E-state index contributed by atoms with van der Waals surface area (Å²) in [6.07, 6.45) is 5.13. The van der Waals surface area contributed by atoms with Gasteiger partial charge in [-0.15, -0.1) is 0 Å². The van der Waals surface area contributed by atoms with E-state index in [0.29, 0.717) is 5.02 Å². The van der Waals surface area contributed by atoms with E-state index < -0.39 is 0 Å². The van der Waals surface area contributed by atoms with Crippen molar-refractivity contribution in [3.63, 3.8) is 0 Å². The zero-order chi connectivity index (χ0) is 13.0. The average Bonchev–Trinajstić information content (AvgIpc) is 2.84. The fourth-order valence-corrected chi connectivity index (χ4v) is 2.39. The number of carbonyl (C=O) groups is 1. The van der Waals surface area contributed by atoms with Gasteiger partial charge < -0.3 is 10.0 Å². The monoisotopic (exact) mass is 265 g/mol. The maximum Gasteiger partial charge on any atom is 0.246 e. The molecule has 1 aromatic rings. The highest BCUT2D eigenvalue weighted by Gasteiger charge is 2.26. The second-order valence-electron chi connectivity index (χ2n) is 4.40. The number of hydrogen-bond donors (Lipinski definition) is 1. The summed E-state index contributed by atoms with van der Waals surface area (Å²) in [5, 5.41) is 9.82. The number of aliphatic hydroxyl groups is 1. The second kappa shape index (κ2) is 6.03. The Hall–Kier alpha value is -1.32. The third-order valence-corrected chi connectivity index (χ3v) is 3.37. The molecule has 0 saturated carbocycles. The van der Waals surface area contributed by atoms with Crippen LogP contribution < -0.4 is 0 Å². The van der Waals surface area contributed by atoms with Crippen molar-refractivity contribution in [2.45, 2.75) is 18.9 Å². The smallest absolute Gasteiger partial charge is 0.246 e. The van der Waals surface area contributed by atoms with Gasteiger partial charge in [0.2, 0.25) is 5.91 Å². The van der Waals surface area contributed by atoms with E-state index in [1.165, 1.54) is 0 Å². The fraction of sp³-hybridized carbons (Fsp3) is 0.357. The van der Waals surface area contributed by atoms with Gasteiger partial charge in [0, 0.05) is 17.6 Å². The summed E-state index contributed by atoms with van der Waals surface area (Å²) in [6.45, 7) is 0.765. The van der Waals surface area contributed by atoms with Crippen LogP contribution in [0.25, 0.3) is 6.08 Å². The van der Waals surface area contributed by atoms with Crippen molar-refractivity contribution in [3.8, 4) is 0 Å². The molecule has 1 aromatic carbocycles. The lowest BCUT2D eigenvalue weighted by molar-refractivity contribution is -0.127. The van der Waals surface area contributed by atoms with Gasteiger partial charge in [-0.3, -0.25) is 4.79 Å². The summed E-state index contributed by atoms with van der Waals surface area (Å²) in [5.41, 5.74) is 0.899. The molecule has 1 unspecified atom stereocenters. The van der Waals surface area contributed by atoms with Crippen LogP contribution in [0.2, 0.25) is 5.02 Å². The van der Waals surface area contributed by atoms with Crippen molar-refractivity contribution in [3.05, 3.63) is 40.9 Å². The summed E-state index contributed by atoms with van der Waals surface area (Å²) in [5.74, 6) is -0.0495. The summed E-state index contributed by atoms with van der Waals surface area (Å²) >= 11 is 5.87. The minimum atomic E-state index is -0.0495. The van der Waals surface area contributed by atoms with E-state index >= 15 is 0 Å². The molecule has 0 spiro atoms. The maximum atomic E-state index is 12.0. The Balaban J connectivity index is 2.02. The molecule has 3 nitrogen and oxygen atoms in total. The predicted molar refractivity (Wildman–Crippen MR) is 72.3 cm³/mol. The maximum absolute atomic E-state index is 12.0. The Labute approximate surface area is 112 Å². The molecule has 1 N–H and O–H groups in total. The van der Waals surface area contributed by atoms with Crippen LogP contribution in [0.4, 0.5) is 0 Å². The number of amides is 1. The van der Waals surface area contributed by atoms with Gasteiger partial charge in [-0.1, -0.05) is 23.7 Å². The standard InChI is InChI=1S/C14H16ClNO2/c15-12-4-1-3-11(9-12)6-7-14(18)16-8-2-5-13(16)10-17/h1,3-4,6-7,9,13,17H,2,5,8,10H2. The number of likely N-dealkylation sites (tertiary alicyclic amines) is 1. The molecule has 1 atom stereocenters. The molecule has 1 amide bonds. The molecule has 1 aliphatic heterocycles. The first-order valence-electron chi connectivity index (χ1n) is 6.06. The van der Waals surface area contributed by atoms with Crippen LogP contribution in [-0.2, 0) is 4.79 Å². The van der Waals surface area contributed by atoms with Crippen molar-refractivity contribution < 1.29 is 9.90 Å². The Morgan fingerprint density at radius 2 is 2.39 bits per heavy atom. The SMILES string of the molecule is O=C(C=Cc1cccc(Cl)c1)N1CCCC1CO. The van der Waals surface area contributed by atoms with Gasteiger partial charge in [0.05, 0.1) is 12.6 Å². The van der Waals surface area contributed by atoms with Crippen molar-refractivity contribution in [2.24, 2.45) is 0 Å². The largest absolute Gasteiger partial charge is 0.394 e. The number of hydrogen-bond acceptors (Lipinski definition) is 2. The van der Waals surface area contributed by atoms with Crippen LogP contribution in [-0.4, -0.2) is 35.1 Å². The first-order valence-corrected chi connectivity index (χ1v) is 6.43. The molecule has 2 rings (SSSR count). The number of carbonyl (C=O) groups excluding carboxylic acids is 1. The minimum Gasteiger partial charge on any atom is -0.394 e. The van der Waals surface area contributed by atoms with Crippen LogP contribution in [0.3, 0.4) is 0 Å². The number of nitrogens with zero attached hydrogens (tertiary/aromatic N) is 1. The summed E-state index contributed by atoms with van der Waals surface area (Å²) in [7, 11) is 0. The van der Waals surface area contributed by atoms with Crippen LogP contribution in [0, 0.1) is 0 Å². The van der Waals surface area contributed by atoms with Crippen molar-refractivity contribution in [1.82, 2.24) is 4.90 Å². The molecule has 1 aliphatic rings. The first-order chi connectivity index (χ1) is 8.70. The van der Waals surface area contributed by atoms with E-state index in [1.807, 2.05) is 12.1 Å². The van der Waals surface area contributed by atoms with Crippen molar-refractivity contribution in [2.75, 3.05) is 13.2 Å². The third kappa shape index (κ3) is 3.12. The van der Waals surface area contributed by atoms with Gasteiger partial charge >= 0.3 is 0 Å². The Morgan fingerprint density at radius 3 is 3.11 bits per heavy atom. The lowest BCUT2D eigenvalue weighted by atomic mass is 10.2. The van der Waals surface area contributed by atoms with Crippen molar-refractivity contribution in [1.29, 1.82) is 0 Å². The van der Waals surface area contributed by atoms with Crippen molar-refractivity contribution >= 4 is 23.6 Å². The molecule has 0 bridgehead atoms. The molecule has 1 fully saturated rings. The number of rotatable bonds is 3. The van der Waals surface area contributed by atoms with Crippen LogP contribution in [0.1, 0.15) is 18.4 Å². The van der Waals surface area contributed by atoms with E-state index in [4.69, 9.17) is 11.6 Å². The van der Waals surface area contributed by atoms with E-state index in [9.17, 15) is 9.90 Å². The highest BCUT2D eigenvalue weighted by Crippen LogP contribution is 2.18. The van der Waals surface area contributed by atoms with Crippen LogP contribution in [0.15, 0.2) is 30.3 Å². The van der Waals surface area contributed by atoms with Gasteiger partial charge in [-0.2, -0.15) is 0 Å². The molecular formula is C14H16ClNO2. The Bertz CT molecular complexity index is 459. The first kappa shape index (κ1) is 13.1. The molecule has 4 heteroatoms. The lowest BCUT2D eigenvalue weighted by Crippen LogP contribution is -2.36. The second-order valence-corrected chi connectivity index (χ2v) is 4.84. The average molecular weight is 266 g/mol. The quantitative estimate of drug-likeness (QED) is 0.853. The summed E-state index contributed by atoms with van der Waals surface area (Å²) in [6, 6.07) is 7.31. The number of benzene rings is 1. The fourth-order valence-electron chi connectivity index (χ4n) is 2.19. The molecule has 0 radical (unpaired) electrons. The molecular weight excluding hydrogens is 250 g/mol. The third-order valence-electron chi connectivity index (χ3n) is 3.14. The zero-order valence-corrected chi connectivity index (χ0v) is 10.8. The normalized spacial score (nSPS) is 19.7. The zero-order valence-electron chi connectivity index (χ0n) is 10.1. The van der Waals surface area contributed by atoms with E-state index in [1.54, 1.807) is 29.2 Å². The molecule has 18 heavy (non-hydrogen) atoms. The molecule has 1 heterocycles. The lowest BCUT2D eigenvalue weighted by Gasteiger charge is -2.21. The topological polar surface area (TPSA) is 40.5 Å². The summed E-state index contributed by atoms with van der Waals surface area (Å²) in [4.78, 5) is 13.7. The highest BCUT2D eigenvalue weighted by atomic mass is 35.5. The van der Waals surface area contributed by atoms with Gasteiger partial charge in [0.25, 0.3) is 0 Å². The van der Waals surface area contributed by atoms with Crippen LogP contribution >= 0.6 is 11.6 Å². The van der Waals surface area contributed by atoms with Gasteiger partial charge in [0.15, 0.2) is 0 Å². The number of halogens is 1. The molecule has 0 aliphatic carbocycles. The van der Waals surface area contributed by atoms with Gasteiger partial charge in [-0.05, 0) is 36.6 Å². The Kier molecular flexibility index (Phi) is 4.39. The van der Waals surface area contributed by atoms with E-state index in [-0.39, 0.29) is 18.6 Å². The van der Waals surface area contributed by atoms with E-state index in [0.717, 1.165) is 24.9 Å². The highest BCUT2D eigenvalue weighted by molar-refractivity contribution is 6.30. The van der Waals surface area contributed by atoms with Gasteiger partial charge in [-0.25, -0.2) is 0 Å². The Morgan fingerprint density at radius 1 is 1.56 bits per heavy atom. The van der Waals surface area contributed by atoms with E-state index in [2.05, 4.69) is 0 Å². The molecule has 1 saturated heterocycles. The predicted octanol–water partition coefficient (Wildman–Crippen LogP) is 2.34. The minimum absolute atomic E-state index is 0.0264. The van der Waals surface area contributed by atoms with Crippen LogP contribution in [0.5, 0.6) is 0 Å². The number of aliphatic hydroxyl groups excluding tert-OH is 1. The van der Waals surface area contributed by atoms with Gasteiger partial charge in [0.1, 0.15) is 0 Å². The summed E-state index contributed by atoms with van der Waals surface area (Å²) < 4.78 is 0. The molecule has 0 aromatic heterocycles. The molecule has 96 valence electrons.